The topological polar surface area (TPSA) is 53.4 Å². The summed E-state index contributed by atoms with van der Waals surface area (Å²) in [7, 11) is 0. The van der Waals surface area contributed by atoms with Crippen molar-refractivity contribution < 1.29 is 9.90 Å². The summed E-state index contributed by atoms with van der Waals surface area (Å²) in [5.41, 5.74) is 3.74. The number of pyridine rings is 1. The van der Waals surface area contributed by atoms with Gasteiger partial charge in [0.2, 0.25) is 0 Å². The molecule has 1 aliphatic heterocycles. The van der Waals surface area contributed by atoms with Gasteiger partial charge in [-0.1, -0.05) is 13.8 Å². The molecule has 1 fully saturated rings. The number of carboxylic acid groups (broad SMARTS) is 1. The Morgan fingerprint density at radius 3 is 2.86 bits per heavy atom. The second-order valence-electron chi connectivity index (χ2n) is 6.76. The summed E-state index contributed by atoms with van der Waals surface area (Å²) in [5.74, 6) is 0.218. The van der Waals surface area contributed by atoms with Gasteiger partial charge in [0.1, 0.15) is 5.69 Å². The van der Waals surface area contributed by atoms with Crippen LogP contribution in [0.2, 0.25) is 0 Å². The van der Waals surface area contributed by atoms with Crippen LogP contribution in [0.3, 0.4) is 0 Å². The van der Waals surface area contributed by atoms with Gasteiger partial charge < -0.3 is 5.11 Å². The molecule has 0 spiro atoms. The third-order valence-electron chi connectivity index (χ3n) is 4.90. The normalized spacial score (nSPS) is 24.6. The molecule has 0 amide bonds. The number of carboxylic acids is 1. The third-order valence-corrected chi connectivity index (χ3v) is 4.90. The Hall–Kier alpha value is -0.823. The van der Waals surface area contributed by atoms with Gasteiger partial charge in [0.15, 0.2) is 0 Å². The summed E-state index contributed by atoms with van der Waals surface area (Å²) in [4.78, 5) is 18.2. The molecule has 0 aromatic carbocycles. The van der Waals surface area contributed by atoms with Crippen LogP contribution >= 0.6 is 0 Å². The van der Waals surface area contributed by atoms with Crippen molar-refractivity contribution in [3.05, 3.63) is 28.6 Å². The smallest absolute Gasteiger partial charge is 0.354 e. The molecule has 1 unspecified atom stereocenters. The first-order valence-corrected chi connectivity index (χ1v) is 8.03. The SMILES string of the molecule is CC1CCc2c(CN3CCC[C@H](C)C3)cc(C(=O)O)nc21.[Li]. The monoisotopic (exact) mass is 295 g/mol. The quantitative estimate of drug-likeness (QED) is 0.871. The maximum atomic E-state index is 11.3. The van der Waals surface area contributed by atoms with Gasteiger partial charge in [-0.05, 0) is 61.3 Å². The molecule has 0 bridgehead atoms. The van der Waals surface area contributed by atoms with E-state index in [2.05, 4.69) is 23.7 Å². The van der Waals surface area contributed by atoms with E-state index in [4.69, 9.17) is 0 Å². The first-order valence-electron chi connectivity index (χ1n) is 8.03. The summed E-state index contributed by atoms with van der Waals surface area (Å²) in [6.07, 6.45) is 4.69. The van der Waals surface area contributed by atoms with Crippen molar-refractivity contribution in [3.8, 4) is 0 Å². The summed E-state index contributed by atoms with van der Waals surface area (Å²) in [6.45, 7) is 7.57. The maximum Gasteiger partial charge on any atom is 0.354 e. The van der Waals surface area contributed by atoms with E-state index in [-0.39, 0.29) is 24.6 Å². The minimum Gasteiger partial charge on any atom is -0.477 e. The zero-order valence-electron chi connectivity index (χ0n) is 13.9. The van der Waals surface area contributed by atoms with Crippen LogP contribution in [-0.2, 0) is 13.0 Å². The van der Waals surface area contributed by atoms with Crippen molar-refractivity contribution in [3.63, 3.8) is 0 Å². The summed E-state index contributed by atoms with van der Waals surface area (Å²) in [5, 5.41) is 9.30. The molecule has 1 aromatic heterocycles. The van der Waals surface area contributed by atoms with Crippen molar-refractivity contribution in [1.82, 2.24) is 9.88 Å². The second-order valence-corrected chi connectivity index (χ2v) is 6.76. The fraction of sp³-hybridized carbons (Fsp3) is 0.647. The number of piperidine rings is 1. The number of carbonyl (C=O) groups is 1. The number of nitrogens with zero attached hydrogens (tertiary/aromatic N) is 2. The molecule has 115 valence electrons. The van der Waals surface area contributed by atoms with E-state index in [1.165, 1.54) is 24.0 Å². The predicted molar refractivity (Wildman–Crippen MR) is 87.4 cm³/mol. The Labute approximate surface area is 144 Å². The first kappa shape index (κ1) is 17.5. The van der Waals surface area contributed by atoms with Crippen LogP contribution in [0.5, 0.6) is 0 Å². The molecular formula is C17H24LiN2O2. The van der Waals surface area contributed by atoms with E-state index in [1.54, 1.807) is 6.07 Å². The van der Waals surface area contributed by atoms with Crippen LogP contribution in [0.1, 0.15) is 66.3 Å². The second kappa shape index (κ2) is 7.17. The Morgan fingerprint density at radius 2 is 2.18 bits per heavy atom. The molecule has 0 saturated carbocycles. The van der Waals surface area contributed by atoms with Gasteiger partial charge in [-0.25, -0.2) is 9.78 Å². The summed E-state index contributed by atoms with van der Waals surface area (Å²) < 4.78 is 0. The Bertz CT molecular complexity index is 562. The molecule has 2 heterocycles. The van der Waals surface area contributed by atoms with Gasteiger partial charge in [-0.15, -0.1) is 0 Å². The molecule has 1 N–H and O–H groups in total. The average Bonchev–Trinajstić information content (AvgIpc) is 2.81. The molecule has 5 heteroatoms. The van der Waals surface area contributed by atoms with Crippen LogP contribution in [0.4, 0.5) is 0 Å². The van der Waals surface area contributed by atoms with Crippen molar-refractivity contribution in [2.24, 2.45) is 5.92 Å². The fourth-order valence-corrected chi connectivity index (χ4v) is 3.76. The van der Waals surface area contributed by atoms with E-state index in [0.717, 1.165) is 44.1 Å². The predicted octanol–water partition coefficient (Wildman–Crippen LogP) is 2.68. The fourth-order valence-electron chi connectivity index (χ4n) is 3.76. The minimum atomic E-state index is -0.912. The van der Waals surface area contributed by atoms with Gasteiger partial charge in [-0.2, -0.15) is 0 Å². The van der Waals surface area contributed by atoms with Crippen molar-refractivity contribution >= 4 is 24.8 Å². The number of hydrogen-bond acceptors (Lipinski definition) is 3. The van der Waals surface area contributed by atoms with Crippen LogP contribution < -0.4 is 0 Å². The zero-order valence-corrected chi connectivity index (χ0v) is 13.9. The largest absolute Gasteiger partial charge is 0.477 e. The van der Waals surface area contributed by atoms with Crippen molar-refractivity contribution in [2.45, 2.75) is 52.0 Å². The van der Waals surface area contributed by atoms with Crippen LogP contribution in [0.25, 0.3) is 0 Å². The molecule has 1 aliphatic carbocycles. The molecule has 4 nitrogen and oxygen atoms in total. The molecule has 22 heavy (non-hydrogen) atoms. The Kier molecular flexibility index (Phi) is 5.71. The first-order chi connectivity index (χ1) is 10.0. The van der Waals surface area contributed by atoms with Crippen LogP contribution in [0, 0.1) is 5.92 Å². The van der Waals surface area contributed by atoms with Gasteiger partial charge >= 0.3 is 5.97 Å². The third kappa shape index (κ3) is 3.56. The van der Waals surface area contributed by atoms with Crippen LogP contribution in [-0.4, -0.2) is 52.9 Å². The molecule has 2 aliphatic rings. The van der Waals surface area contributed by atoms with E-state index < -0.39 is 5.97 Å². The summed E-state index contributed by atoms with van der Waals surface area (Å²) >= 11 is 0. The van der Waals surface area contributed by atoms with Gasteiger partial charge in [0.05, 0.1) is 0 Å². The molecule has 1 radical (unpaired) electrons. The zero-order chi connectivity index (χ0) is 15.0. The van der Waals surface area contributed by atoms with E-state index in [0.29, 0.717) is 5.92 Å². The van der Waals surface area contributed by atoms with E-state index in [9.17, 15) is 9.90 Å². The number of aromatic carboxylic acids is 1. The van der Waals surface area contributed by atoms with Gasteiger partial charge in [0, 0.05) is 37.6 Å². The number of aromatic nitrogens is 1. The van der Waals surface area contributed by atoms with Crippen molar-refractivity contribution in [2.75, 3.05) is 13.1 Å². The number of hydrogen-bond donors (Lipinski definition) is 1. The summed E-state index contributed by atoms with van der Waals surface area (Å²) in [6, 6.07) is 1.80. The Balaban J connectivity index is 0.00000176. The molecule has 2 atom stereocenters. The van der Waals surface area contributed by atoms with E-state index >= 15 is 0 Å². The van der Waals surface area contributed by atoms with Crippen molar-refractivity contribution in [1.29, 1.82) is 0 Å². The number of fused-ring (bicyclic) bond motifs is 1. The molecular weight excluding hydrogens is 271 g/mol. The van der Waals surface area contributed by atoms with E-state index in [1.807, 2.05) is 0 Å². The van der Waals surface area contributed by atoms with Gasteiger partial charge in [-0.3, -0.25) is 4.90 Å². The molecule has 3 rings (SSSR count). The van der Waals surface area contributed by atoms with Gasteiger partial charge in [0.25, 0.3) is 0 Å². The molecule has 1 aromatic rings. The van der Waals surface area contributed by atoms with Crippen LogP contribution in [0.15, 0.2) is 6.07 Å². The number of likely N-dealkylation sites (tertiary alicyclic amines) is 1. The average molecular weight is 295 g/mol. The number of rotatable bonds is 3. The Morgan fingerprint density at radius 1 is 1.41 bits per heavy atom. The molecule has 1 saturated heterocycles. The maximum absolute atomic E-state index is 11.3. The minimum absolute atomic E-state index is 0. The standard InChI is InChI=1S/C17H24N2O2.Li/c1-11-4-3-7-19(9-11)10-13-8-15(17(20)21)18-16-12(2)5-6-14(13)16;/h8,11-12H,3-7,9-10H2,1-2H3,(H,20,21);/t11-,12?;/m0./s1.